The third-order valence-electron chi connectivity index (χ3n) is 2.73. The van der Waals surface area contributed by atoms with Gasteiger partial charge in [0, 0.05) is 18.4 Å². The highest BCUT2D eigenvalue weighted by atomic mass is 79.9. The smallest absolute Gasteiger partial charge is 0.410 e. The van der Waals surface area contributed by atoms with Crippen LogP contribution in [0, 0.1) is 0 Å². The first-order valence-electron chi connectivity index (χ1n) is 7.00. The van der Waals surface area contributed by atoms with Crippen LogP contribution in [0.4, 0.5) is 4.79 Å². The first-order chi connectivity index (χ1) is 9.42. The van der Waals surface area contributed by atoms with Gasteiger partial charge >= 0.3 is 6.09 Å². The van der Waals surface area contributed by atoms with E-state index in [2.05, 4.69) is 28.1 Å². The van der Waals surface area contributed by atoms with Crippen LogP contribution in [0.25, 0.3) is 0 Å². The van der Waals surface area contributed by atoms with Gasteiger partial charge in [-0.25, -0.2) is 4.79 Å². The number of carbonyl (C=O) groups excluding carboxylic acids is 1. The van der Waals surface area contributed by atoms with Crippen molar-refractivity contribution in [3.05, 3.63) is 35.9 Å². The van der Waals surface area contributed by atoms with Crippen LogP contribution in [0.15, 0.2) is 30.3 Å². The van der Waals surface area contributed by atoms with Gasteiger partial charge < -0.3 is 9.64 Å². The number of carbonyl (C=O) groups is 1. The second-order valence-electron chi connectivity index (χ2n) is 5.75. The van der Waals surface area contributed by atoms with Crippen molar-refractivity contribution in [2.24, 2.45) is 0 Å². The molecule has 112 valence electrons. The minimum atomic E-state index is -0.448. The standard InChI is InChI=1S/C16H24BrNO2/c1-16(2,3)20-15(19)18(12-7-11-17)13-10-14-8-5-4-6-9-14/h4-6,8-9H,7,10-13H2,1-3H3. The Bertz CT molecular complexity index is 401. The number of halogens is 1. The molecule has 20 heavy (non-hydrogen) atoms. The maximum Gasteiger partial charge on any atom is 0.410 e. The number of ether oxygens (including phenoxy) is 1. The molecule has 1 amide bonds. The maximum atomic E-state index is 12.2. The number of amides is 1. The van der Waals surface area contributed by atoms with Crippen LogP contribution >= 0.6 is 15.9 Å². The van der Waals surface area contributed by atoms with Gasteiger partial charge in [0.15, 0.2) is 0 Å². The van der Waals surface area contributed by atoms with E-state index >= 15 is 0 Å². The molecule has 0 heterocycles. The average Bonchev–Trinajstić information content (AvgIpc) is 2.38. The van der Waals surface area contributed by atoms with Crippen molar-refractivity contribution in [3.8, 4) is 0 Å². The molecule has 0 radical (unpaired) electrons. The molecule has 0 aliphatic heterocycles. The van der Waals surface area contributed by atoms with Crippen molar-refractivity contribution in [1.82, 2.24) is 4.90 Å². The van der Waals surface area contributed by atoms with Crippen molar-refractivity contribution in [2.45, 2.75) is 39.2 Å². The van der Waals surface area contributed by atoms with Gasteiger partial charge in [-0.05, 0) is 39.2 Å². The fourth-order valence-electron chi connectivity index (χ4n) is 1.78. The van der Waals surface area contributed by atoms with Crippen LogP contribution in [0.5, 0.6) is 0 Å². The largest absolute Gasteiger partial charge is 0.444 e. The third-order valence-corrected chi connectivity index (χ3v) is 3.29. The number of hydrogen-bond acceptors (Lipinski definition) is 2. The van der Waals surface area contributed by atoms with Gasteiger partial charge in [0.05, 0.1) is 0 Å². The summed E-state index contributed by atoms with van der Waals surface area (Å²) in [4.78, 5) is 14.0. The van der Waals surface area contributed by atoms with Gasteiger partial charge in [0.2, 0.25) is 0 Å². The lowest BCUT2D eigenvalue weighted by Gasteiger charge is -2.27. The van der Waals surface area contributed by atoms with Crippen molar-refractivity contribution >= 4 is 22.0 Å². The molecule has 0 saturated carbocycles. The zero-order valence-corrected chi connectivity index (χ0v) is 14.1. The topological polar surface area (TPSA) is 29.5 Å². The zero-order chi connectivity index (χ0) is 15.0. The van der Waals surface area contributed by atoms with E-state index in [0.29, 0.717) is 13.1 Å². The van der Waals surface area contributed by atoms with E-state index in [-0.39, 0.29) is 6.09 Å². The Balaban J connectivity index is 2.57. The Labute approximate surface area is 130 Å². The van der Waals surface area contributed by atoms with Crippen LogP contribution in [0.3, 0.4) is 0 Å². The fraction of sp³-hybridized carbons (Fsp3) is 0.562. The molecule has 0 aliphatic rings. The molecule has 1 rings (SSSR count). The molecular weight excluding hydrogens is 318 g/mol. The van der Waals surface area contributed by atoms with Crippen LogP contribution in [0.2, 0.25) is 0 Å². The first-order valence-corrected chi connectivity index (χ1v) is 8.12. The predicted molar refractivity (Wildman–Crippen MR) is 86.4 cm³/mol. The minimum Gasteiger partial charge on any atom is -0.444 e. The Morgan fingerprint density at radius 2 is 1.85 bits per heavy atom. The van der Waals surface area contributed by atoms with E-state index in [9.17, 15) is 4.79 Å². The molecular formula is C16H24BrNO2. The minimum absolute atomic E-state index is 0.227. The monoisotopic (exact) mass is 341 g/mol. The van der Waals surface area contributed by atoms with Gasteiger partial charge in [-0.1, -0.05) is 46.3 Å². The average molecular weight is 342 g/mol. The highest BCUT2D eigenvalue weighted by molar-refractivity contribution is 9.09. The van der Waals surface area contributed by atoms with E-state index in [1.807, 2.05) is 39.0 Å². The molecule has 0 unspecified atom stereocenters. The lowest BCUT2D eigenvalue weighted by atomic mass is 10.1. The Morgan fingerprint density at radius 1 is 1.20 bits per heavy atom. The lowest BCUT2D eigenvalue weighted by molar-refractivity contribution is 0.0253. The molecule has 4 heteroatoms. The summed E-state index contributed by atoms with van der Waals surface area (Å²) < 4.78 is 5.46. The Morgan fingerprint density at radius 3 is 2.40 bits per heavy atom. The molecule has 3 nitrogen and oxygen atoms in total. The van der Waals surface area contributed by atoms with Crippen molar-refractivity contribution in [3.63, 3.8) is 0 Å². The summed E-state index contributed by atoms with van der Waals surface area (Å²) in [5, 5.41) is 0.887. The van der Waals surface area contributed by atoms with Gasteiger partial charge in [-0.2, -0.15) is 0 Å². The van der Waals surface area contributed by atoms with E-state index in [4.69, 9.17) is 4.74 Å². The normalized spacial score (nSPS) is 11.2. The molecule has 1 aromatic rings. The van der Waals surface area contributed by atoms with Crippen LogP contribution in [-0.4, -0.2) is 35.0 Å². The SMILES string of the molecule is CC(C)(C)OC(=O)N(CCCBr)CCc1ccccc1. The number of nitrogens with zero attached hydrogens (tertiary/aromatic N) is 1. The van der Waals surface area contributed by atoms with Crippen LogP contribution in [-0.2, 0) is 11.2 Å². The zero-order valence-electron chi connectivity index (χ0n) is 12.6. The summed E-state index contributed by atoms with van der Waals surface area (Å²) in [7, 11) is 0. The number of alkyl halides is 1. The van der Waals surface area contributed by atoms with E-state index in [1.54, 1.807) is 4.90 Å². The predicted octanol–water partition coefficient (Wildman–Crippen LogP) is 4.25. The lowest BCUT2D eigenvalue weighted by Crippen LogP contribution is -2.38. The van der Waals surface area contributed by atoms with Gasteiger partial charge in [-0.15, -0.1) is 0 Å². The molecule has 0 aromatic heterocycles. The van der Waals surface area contributed by atoms with Crippen molar-refractivity contribution < 1.29 is 9.53 Å². The fourth-order valence-corrected chi connectivity index (χ4v) is 2.03. The summed E-state index contributed by atoms with van der Waals surface area (Å²) in [5.41, 5.74) is 0.788. The Kier molecular flexibility index (Phi) is 7.06. The molecule has 0 fully saturated rings. The van der Waals surface area contributed by atoms with Gasteiger partial charge in [-0.3, -0.25) is 0 Å². The molecule has 0 atom stereocenters. The van der Waals surface area contributed by atoms with E-state index in [1.165, 1.54) is 5.56 Å². The van der Waals surface area contributed by atoms with Crippen LogP contribution in [0.1, 0.15) is 32.8 Å². The molecule has 0 spiro atoms. The first kappa shape index (κ1) is 17.0. The summed E-state index contributed by atoms with van der Waals surface area (Å²) in [6.07, 6.45) is 1.55. The highest BCUT2D eigenvalue weighted by Gasteiger charge is 2.21. The summed E-state index contributed by atoms with van der Waals surface area (Å²) >= 11 is 3.41. The van der Waals surface area contributed by atoms with Gasteiger partial charge in [0.25, 0.3) is 0 Å². The van der Waals surface area contributed by atoms with E-state index < -0.39 is 5.60 Å². The number of rotatable bonds is 6. The molecule has 0 saturated heterocycles. The molecule has 0 bridgehead atoms. The Hall–Kier alpha value is -1.03. The summed E-state index contributed by atoms with van der Waals surface area (Å²) in [6, 6.07) is 10.2. The van der Waals surface area contributed by atoms with Gasteiger partial charge in [0.1, 0.15) is 5.60 Å². The quantitative estimate of drug-likeness (QED) is 0.724. The van der Waals surface area contributed by atoms with Crippen LogP contribution < -0.4 is 0 Å². The molecule has 1 aromatic carbocycles. The maximum absolute atomic E-state index is 12.2. The number of benzene rings is 1. The summed E-state index contributed by atoms with van der Waals surface area (Å²) in [6.45, 7) is 7.08. The summed E-state index contributed by atoms with van der Waals surface area (Å²) in [5.74, 6) is 0. The highest BCUT2D eigenvalue weighted by Crippen LogP contribution is 2.11. The van der Waals surface area contributed by atoms with E-state index in [0.717, 1.165) is 18.2 Å². The third kappa shape index (κ3) is 6.94. The van der Waals surface area contributed by atoms with Crippen molar-refractivity contribution in [2.75, 3.05) is 18.4 Å². The molecule has 0 aliphatic carbocycles. The van der Waals surface area contributed by atoms with Crippen molar-refractivity contribution in [1.29, 1.82) is 0 Å². The number of hydrogen-bond donors (Lipinski definition) is 0. The second kappa shape index (κ2) is 8.30. The second-order valence-corrected chi connectivity index (χ2v) is 6.54. The molecule has 0 N–H and O–H groups in total.